The zero-order valence-electron chi connectivity index (χ0n) is 13.9. The monoisotopic (exact) mass is 282 g/mol. The van der Waals surface area contributed by atoms with Crippen molar-refractivity contribution in [3.8, 4) is 0 Å². The van der Waals surface area contributed by atoms with Crippen molar-refractivity contribution < 1.29 is 5.11 Å². The van der Waals surface area contributed by atoms with E-state index in [2.05, 4.69) is 31.0 Å². The molecule has 0 amide bonds. The number of aliphatic hydroxyl groups is 1. The third-order valence-corrected chi connectivity index (χ3v) is 6.22. The van der Waals surface area contributed by atoms with Crippen molar-refractivity contribution in [1.82, 2.24) is 10.2 Å². The van der Waals surface area contributed by atoms with Gasteiger partial charge in [-0.2, -0.15) is 0 Å². The second kappa shape index (κ2) is 6.76. The van der Waals surface area contributed by atoms with Gasteiger partial charge in [-0.05, 0) is 64.0 Å². The van der Waals surface area contributed by atoms with E-state index in [1.165, 1.54) is 38.8 Å². The molecule has 0 radical (unpaired) electrons. The van der Waals surface area contributed by atoms with Crippen LogP contribution in [0.15, 0.2) is 0 Å². The summed E-state index contributed by atoms with van der Waals surface area (Å²) in [6.07, 6.45) is 6.26. The highest BCUT2D eigenvalue weighted by Gasteiger charge is 2.41. The third kappa shape index (κ3) is 3.20. The van der Waals surface area contributed by atoms with Gasteiger partial charge < -0.3 is 15.3 Å². The molecule has 5 atom stereocenters. The summed E-state index contributed by atoms with van der Waals surface area (Å²) < 4.78 is 0. The number of rotatable bonds is 5. The standard InChI is InChI=1S/C17H34N2O/c1-13-10-14(2)15(3)19(11-13)9-7-16-6-5-8-17(16,12-20)18-4/h13-16,18,20H,5-12H2,1-4H3. The molecule has 2 fully saturated rings. The van der Waals surface area contributed by atoms with Gasteiger partial charge in [0.2, 0.25) is 0 Å². The molecule has 0 aromatic heterocycles. The molecule has 1 aliphatic carbocycles. The number of aliphatic hydroxyl groups excluding tert-OH is 1. The average Bonchev–Trinajstić information content (AvgIpc) is 2.84. The molecule has 0 aromatic carbocycles. The van der Waals surface area contributed by atoms with Gasteiger partial charge in [-0.1, -0.05) is 20.3 Å². The van der Waals surface area contributed by atoms with Crippen LogP contribution in [0.2, 0.25) is 0 Å². The molecule has 20 heavy (non-hydrogen) atoms. The molecule has 3 nitrogen and oxygen atoms in total. The Hall–Kier alpha value is -0.120. The van der Waals surface area contributed by atoms with Gasteiger partial charge in [-0.25, -0.2) is 0 Å². The summed E-state index contributed by atoms with van der Waals surface area (Å²) in [6.45, 7) is 9.91. The maximum atomic E-state index is 9.78. The topological polar surface area (TPSA) is 35.5 Å². The van der Waals surface area contributed by atoms with Crippen molar-refractivity contribution in [3.05, 3.63) is 0 Å². The summed E-state index contributed by atoms with van der Waals surface area (Å²) in [5.74, 6) is 2.28. The van der Waals surface area contributed by atoms with E-state index >= 15 is 0 Å². The third-order valence-electron chi connectivity index (χ3n) is 6.22. The predicted octanol–water partition coefficient (Wildman–Crippen LogP) is 2.49. The van der Waals surface area contributed by atoms with Crippen LogP contribution in [-0.2, 0) is 0 Å². The van der Waals surface area contributed by atoms with Crippen LogP contribution >= 0.6 is 0 Å². The fourth-order valence-electron chi connectivity index (χ4n) is 4.63. The molecule has 2 aliphatic rings. The first-order valence-electron chi connectivity index (χ1n) is 8.56. The Kier molecular flexibility index (Phi) is 5.49. The average molecular weight is 282 g/mol. The van der Waals surface area contributed by atoms with E-state index < -0.39 is 0 Å². The Morgan fingerprint density at radius 1 is 1.30 bits per heavy atom. The minimum atomic E-state index is -0.00371. The number of hydrogen-bond donors (Lipinski definition) is 2. The van der Waals surface area contributed by atoms with Crippen LogP contribution in [0.25, 0.3) is 0 Å². The van der Waals surface area contributed by atoms with Crippen LogP contribution in [0.3, 0.4) is 0 Å². The van der Waals surface area contributed by atoms with Crippen molar-refractivity contribution in [2.24, 2.45) is 17.8 Å². The normalized spacial score (nSPS) is 43.0. The highest BCUT2D eigenvalue weighted by atomic mass is 16.3. The second-order valence-electron chi connectivity index (χ2n) is 7.50. The number of likely N-dealkylation sites (N-methyl/N-ethyl adjacent to an activating group) is 1. The van der Waals surface area contributed by atoms with Crippen LogP contribution in [0.5, 0.6) is 0 Å². The first-order chi connectivity index (χ1) is 9.52. The SMILES string of the molecule is CNC1(CO)CCCC1CCN1CC(C)CC(C)C1C. The van der Waals surface area contributed by atoms with E-state index in [1.54, 1.807) is 0 Å². The Morgan fingerprint density at radius 3 is 2.70 bits per heavy atom. The Balaban J connectivity index is 1.91. The van der Waals surface area contributed by atoms with Gasteiger partial charge in [0.25, 0.3) is 0 Å². The second-order valence-corrected chi connectivity index (χ2v) is 7.50. The molecule has 2 rings (SSSR count). The lowest BCUT2D eigenvalue weighted by atomic mass is 9.83. The number of piperidine rings is 1. The van der Waals surface area contributed by atoms with E-state index in [9.17, 15) is 5.11 Å². The molecule has 118 valence electrons. The van der Waals surface area contributed by atoms with Gasteiger partial charge in [0, 0.05) is 18.1 Å². The lowest BCUT2D eigenvalue weighted by Crippen LogP contribution is -2.51. The van der Waals surface area contributed by atoms with E-state index in [0.29, 0.717) is 12.0 Å². The van der Waals surface area contributed by atoms with Crippen LogP contribution in [-0.4, -0.2) is 48.3 Å². The molecule has 2 N–H and O–H groups in total. The summed E-state index contributed by atoms with van der Waals surface area (Å²) in [5.41, 5.74) is -0.00371. The van der Waals surface area contributed by atoms with Gasteiger partial charge in [0.15, 0.2) is 0 Å². The molecule has 0 aromatic rings. The molecule has 1 heterocycles. The van der Waals surface area contributed by atoms with E-state index in [1.807, 2.05) is 7.05 Å². The summed E-state index contributed by atoms with van der Waals surface area (Å²) in [5, 5.41) is 13.2. The minimum Gasteiger partial charge on any atom is -0.394 e. The molecule has 0 bridgehead atoms. The van der Waals surface area contributed by atoms with Gasteiger partial charge in [0.1, 0.15) is 0 Å². The Labute approximate surface area is 125 Å². The lowest BCUT2D eigenvalue weighted by molar-refractivity contribution is 0.0621. The highest BCUT2D eigenvalue weighted by molar-refractivity contribution is 4.98. The van der Waals surface area contributed by atoms with E-state index in [-0.39, 0.29) is 12.1 Å². The van der Waals surface area contributed by atoms with Crippen LogP contribution in [0, 0.1) is 17.8 Å². The first-order valence-corrected chi connectivity index (χ1v) is 8.56. The number of nitrogens with one attached hydrogen (secondary N) is 1. The molecule has 0 spiro atoms. The van der Waals surface area contributed by atoms with Crippen LogP contribution in [0.4, 0.5) is 0 Å². The highest BCUT2D eigenvalue weighted by Crippen LogP contribution is 2.38. The fraction of sp³-hybridized carbons (Fsp3) is 1.00. The Morgan fingerprint density at radius 2 is 2.05 bits per heavy atom. The smallest absolute Gasteiger partial charge is 0.0615 e. The van der Waals surface area contributed by atoms with Crippen LogP contribution < -0.4 is 5.32 Å². The zero-order chi connectivity index (χ0) is 14.8. The van der Waals surface area contributed by atoms with Gasteiger partial charge in [-0.3, -0.25) is 0 Å². The Bertz CT molecular complexity index is 303. The maximum Gasteiger partial charge on any atom is 0.0615 e. The van der Waals surface area contributed by atoms with E-state index in [0.717, 1.165) is 18.3 Å². The summed E-state index contributed by atoms with van der Waals surface area (Å²) in [6, 6.07) is 0.714. The van der Waals surface area contributed by atoms with Gasteiger partial charge >= 0.3 is 0 Å². The summed E-state index contributed by atoms with van der Waals surface area (Å²) in [4.78, 5) is 2.69. The molecule has 5 unspecified atom stereocenters. The van der Waals surface area contributed by atoms with Gasteiger partial charge in [0.05, 0.1) is 6.61 Å². The molecular weight excluding hydrogens is 248 g/mol. The van der Waals surface area contributed by atoms with E-state index in [4.69, 9.17) is 0 Å². The largest absolute Gasteiger partial charge is 0.394 e. The molecule has 1 saturated carbocycles. The molecule has 1 saturated heterocycles. The molecule has 3 heteroatoms. The van der Waals surface area contributed by atoms with Crippen molar-refractivity contribution in [1.29, 1.82) is 0 Å². The lowest BCUT2D eigenvalue weighted by Gasteiger charge is -2.42. The number of hydrogen-bond acceptors (Lipinski definition) is 3. The van der Waals surface area contributed by atoms with Crippen molar-refractivity contribution in [3.63, 3.8) is 0 Å². The van der Waals surface area contributed by atoms with Gasteiger partial charge in [-0.15, -0.1) is 0 Å². The summed E-state index contributed by atoms with van der Waals surface area (Å²) in [7, 11) is 2.02. The first kappa shape index (κ1) is 16.3. The maximum absolute atomic E-state index is 9.78. The predicted molar refractivity (Wildman–Crippen MR) is 84.8 cm³/mol. The molecular formula is C17H34N2O. The van der Waals surface area contributed by atoms with Crippen molar-refractivity contribution >= 4 is 0 Å². The fourth-order valence-corrected chi connectivity index (χ4v) is 4.63. The molecule has 1 aliphatic heterocycles. The summed E-state index contributed by atoms with van der Waals surface area (Å²) >= 11 is 0. The number of likely N-dealkylation sites (tertiary alicyclic amines) is 1. The quantitative estimate of drug-likeness (QED) is 0.813. The van der Waals surface area contributed by atoms with Crippen LogP contribution in [0.1, 0.15) is 52.9 Å². The van der Waals surface area contributed by atoms with Crippen molar-refractivity contribution in [2.75, 3.05) is 26.7 Å². The van der Waals surface area contributed by atoms with Crippen molar-refractivity contribution in [2.45, 2.75) is 64.5 Å². The number of nitrogens with zero attached hydrogens (tertiary/aromatic N) is 1. The zero-order valence-corrected chi connectivity index (χ0v) is 13.9. The minimum absolute atomic E-state index is 0.00371.